The summed E-state index contributed by atoms with van der Waals surface area (Å²) >= 11 is 0. The fraction of sp³-hybridized carbons (Fsp3) is 0.125. The molecule has 1 aromatic carbocycles. The second kappa shape index (κ2) is 8.61. The number of nitrogens with zero attached hydrogens (tertiary/aromatic N) is 5. The van der Waals surface area contributed by atoms with Crippen LogP contribution in [-0.4, -0.2) is 29.3 Å². The van der Waals surface area contributed by atoms with Crippen molar-refractivity contribution in [2.45, 2.75) is 20.1 Å². The summed E-state index contributed by atoms with van der Waals surface area (Å²) in [4.78, 5) is 24.5. The van der Waals surface area contributed by atoms with Gasteiger partial charge in [-0.2, -0.15) is 4.68 Å². The van der Waals surface area contributed by atoms with Gasteiger partial charge in [0.15, 0.2) is 11.6 Å². The van der Waals surface area contributed by atoms with E-state index in [0.29, 0.717) is 11.3 Å². The van der Waals surface area contributed by atoms with Crippen molar-refractivity contribution in [3.63, 3.8) is 0 Å². The SMILES string of the molecule is [2H]c1c([2H])c([2H])c(-c2[nH+]c(N)n3c(=O)n(Cc4ccc(F)c(N)n4)nc3c2-c2cc(C)nc(CO)c2)c([2H])c1[2H]. The maximum atomic E-state index is 13.6. The number of aryl methyl sites for hydroxylation is 1. The molecule has 5 rings (SSSR count). The van der Waals surface area contributed by atoms with E-state index in [-0.39, 0.29) is 52.2 Å². The van der Waals surface area contributed by atoms with Gasteiger partial charge in [0, 0.05) is 11.3 Å². The van der Waals surface area contributed by atoms with Crippen LogP contribution < -0.4 is 22.1 Å². The van der Waals surface area contributed by atoms with Gasteiger partial charge in [-0.1, -0.05) is 30.2 Å². The highest BCUT2D eigenvalue weighted by atomic mass is 19.1. The van der Waals surface area contributed by atoms with Crippen LogP contribution in [0.2, 0.25) is 0 Å². The lowest BCUT2D eigenvalue weighted by atomic mass is 9.99. The molecule has 0 saturated carbocycles. The molecule has 0 aliphatic rings. The zero-order chi connectivity index (χ0) is 29.0. The molecule has 0 saturated heterocycles. The second-order valence-corrected chi connectivity index (χ2v) is 7.68. The first-order chi connectivity index (χ1) is 18.9. The lowest BCUT2D eigenvalue weighted by Crippen LogP contribution is -2.28. The Morgan fingerprint density at radius 2 is 1.89 bits per heavy atom. The molecule has 6 N–H and O–H groups in total. The van der Waals surface area contributed by atoms with E-state index < -0.39 is 48.3 Å². The molecule has 0 spiro atoms. The van der Waals surface area contributed by atoms with Crippen LogP contribution in [0.5, 0.6) is 0 Å². The van der Waals surface area contributed by atoms with Gasteiger partial charge in [-0.05, 0) is 36.8 Å². The van der Waals surface area contributed by atoms with E-state index in [1.165, 1.54) is 12.1 Å². The fourth-order valence-electron chi connectivity index (χ4n) is 3.79. The van der Waals surface area contributed by atoms with Crippen LogP contribution in [-0.2, 0) is 13.2 Å². The molecule has 0 amide bonds. The Kier molecular flexibility index (Phi) is 4.16. The van der Waals surface area contributed by atoms with E-state index >= 15 is 0 Å². The number of aromatic nitrogens is 6. The van der Waals surface area contributed by atoms with Crippen LogP contribution >= 0.6 is 0 Å². The molecule has 10 nitrogen and oxygen atoms in total. The summed E-state index contributed by atoms with van der Waals surface area (Å²) in [7, 11) is 0. The Morgan fingerprint density at radius 3 is 2.60 bits per heavy atom. The smallest absolute Gasteiger partial charge is 0.390 e. The first kappa shape index (κ1) is 16.9. The Balaban J connectivity index is 1.89. The summed E-state index contributed by atoms with van der Waals surface area (Å²) in [6.45, 7) is 1.07. The first-order valence-corrected chi connectivity index (χ1v) is 10.3. The highest BCUT2D eigenvalue weighted by Gasteiger charge is 2.26. The number of pyridine rings is 2. The molecule has 0 fully saturated rings. The third-order valence-electron chi connectivity index (χ3n) is 5.26. The maximum Gasteiger partial charge on any atom is 0.411 e. The van der Waals surface area contributed by atoms with Gasteiger partial charge in [-0.3, -0.25) is 10.7 Å². The summed E-state index contributed by atoms with van der Waals surface area (Å²) < 4.78 is 57.1. The van der Waals surface area contributed by atoms with Crippen LogP contribution in [0.15, 0.2) is 59.3 Å². The molecule has 0 aliphatic carbocycles. The van der Waals surface area contributed by atoms with Crippen molar-refractivity contribution in [1.29, 1.82) is 0 Å². The summed E-state index contributed by atoms with van der Waals surface area (Å²) in [6.07, 6.45) is 0. The molecule has 176 valence electrons. The minimum Gasteiger partial charge on any atom is -0.390 e. The number of aliphatic hydroxyl groups excluding tert-OH is 1. The molecule has 0 unspecified atom stereocenters. The summed E-state index contributed by atoms with van der Waals surface area (Å²) in [5.41, 5.74) is 12.4. The molecule has 0 radical (unpaired) electrons. The standard InChI is InChI=1S/C24H21FN8O2/c1-13-9-15(10-17(12-34)28-13)19-20(14-5-3-2-4-6-14)30-23(27)33-22(19)31-32(24(33)35)11-16-7-8-18(25)21(26)29-16/h2-10,34H,11-12H2,1H3,(H2,26,29)(H2,27,30)/p+1/i2D,3D,4D,5D,6D. The van der Waals surface area contributed by atoms with E-state index in [1.54, 1.807) is 13.0 Å². The number of hydrogen-bond donors (Lipinski definition) is 3. The quantitative estimate of drug-likeness (QED) is 0.347. The van der Waals surface area contributed by atoms with E-state index in [4.69, 9.17) is 18.3 Å². The summed E-state index contributed by atoms with van der Waals surface area (Å²) in [5.74, 6) is -1.31. The van der Waals surface area contributed by atoms with E-state index in [2.05, 4.69) is 20.1 Å². The van der Waals surface area contributed by atoms with Gasteiger partial charge in [0.2, 0.25) is 5.65 Å². The fourth-order valence-corrected chi connectivity index (χ4v) is 3.79. The van der Waals surface area contributed by atoms with Crippen molar-refractivity contribution < 1.29 is 21.3 Å². The molecule has 0 bridgehead atoms. The number of benzene rings is 1. The average Bonchev–Trinajstić information content (AvgIpc) is 3.24. The topological polar surface area (TPSA) is 151 Å². The van der Waals surface area contributed by atoms with E-state index in [1.807, 2.05) is 0 Å². The maximum absolute atomic E-state index is 13.6. The second-order valence-electron chi connectivity index (χ2n) is 7.68. The van der Waals surface area contributed by atoms with Crippen molar-refractivity contribution >= 4 is 17.4 Å². The van der Waals surface area contributed by atoms with Gasteiger partial charge >= 0.3 is 11.6 Å². The van der Waals surface area contributed by atoms with Crippen LogP contribution in [0.3, 0.4) is 0 Å². The zero-order valence-corrected chi connectivity index (χ0v) is 18.3. The Labute approximate surface area is 205 Å². The highest BCUT2D eigenvalue weighted by molar-refractivity contribution is 5.88. The van der Waals surface area contributed by atoms with Gasteiger partial charge in [-0.15, -0.1) is 9.50 Å². The first-order valence-electron chi connectivity index (χ1n) is 12.8. The Bertz CT molecular complexity index is 1880. The minimum atomic E-state index is -0.719. The molecule has 11 heteroatoms. The van der Waals surface area contributed by atoms with Crippen molar-refractivity contribution in [3.8, 4) is 22.4 Å². The Morgan fingerprint density at radius 1 is 1.11 bits per heavy atom. The van der Waals surface area contributed by atoms with Gasteiger partial charge in [0.1, 0.15) is 5.69 Å². The third kappa shape index (κ3) is 3.97. The normalized spacial score (nSPS) is 13.3. The number of aliphatic hydroxyl groups is 1. The molecule has 4 heterocycles. The van der Waals surface area contributed by atoms with Crippen LogP contribution in [0.25, 0.3) is 28.0 Å². The molecule has 0 atom stereocenters. The molecule has 4 aromatic heterocycles. The predicted molar refractivity (Wildman–Crippen MR) is 127 cm³/mol. The van der Waals surface area contributed by atoms with Gasteiger partial charge in [0.05, 0.1) is 37.0 Å². The monoisotopic (exact) mass is 478 g/mol. The van der Waals surface area contributed by atoms with Crippen molar-refractivity contribution in [1.82, 2.24) is 24.1 Å². The largest absolute Gasteiger partial charge is 0.411 e. The van der Waals surface area contributed by atoms with E-state index in [0.717, 1.165) is 15.1 Å². The minimum absolute atomic E-state index is 0.00204. The lowest BCUT2D eigenvalue weighted by Gasteiger charge is -2.10. The number of fused-ring (bicyclic) bond motifs is 1. The summed E-state index contributed by atoms with van der Waals surface area (Å²) in [5, 5.41) is 14.2. The van der Waals surface area contributed by atoms with Crippen molar-refractivity contribution in [3.05, 3.63) is 87.9 Å². The van der Waals surface area contributed by atoms with Crippen LogP contribution in [0.4, 0.5) is 16.2 Å². The van der Waals surface area contributed by atoms with E-state index in [9.17, 15) is 14.3 Å². The molecule has 5 aromatic rings. The van der Waals surface area contributed by atoms with Gasteiger partial charge in [-0.25, -0.2) is 19.2 Å². The number of H-pyrrole nitrogens is 1. The number of hydrogen-bond acceptors (Lipinski definition) is 7. The highest BCUT2D eigenvalue weighted by Crippen LogP contribution is 2.33. The van der Waals surface area contributed by atoms with Crippen LogP contribution in [0.1, 0.15) is 23.9 Å². The Hall–Kier alpha value is -4.64. The number of nitrogens with two attached hydrogens (primary N) is 2. The molecular weight excluding hydrogens is 451 g/mol. The predicted octanol–water partition coefficient (Wildman–Crippen LogP) is 1.59. The van der Waals surface area contributed by atoms with Crippen LogP contribution in [0, 0.1) is 12.7 Å². The molecular formula is C24H22FN8O2+. The average molecular weight is 479 g/mol. The van der Waals surface area contributed by atoms with Gasteiger partial charge < -0.3 is 10.8 Å². The van der Waals surface area contributed by atoms with Crippen molar-refractivity contribution in [2.24, 2.45) is 0 Å². The number of anilines is 2. The number of rotatable bonds is 5. The number of nitrogen functional groups attached to an aromatic ring is 2. The molecule has 35 heavy (non-hydrogen) atoms. The van der Waals surface area contributed by atoms with Gasteiger partial charge in [0.25, 0.3) is 0 Å². The number of aromatic amines is 1. The number of halogens is 1. The lowest BCUT2D eigenvalue weighted by molar-refractivity contribution is -0.351. The summed E-state index contributed by atoms with van der Waals surface area (Å²) in [6, 6.07) is 2.87. The van der Waals surface area contributed by atoms with Crippen molar-refractivity contribution in [2.75, 3.05) is 11.5 Å². The number of nitrogens with one attached hydrogen (secondary N) is 1. The zero-order valence-electron chi connectivity index (χ0n) is 23.3. The molecule has 0 aliphatic heterocycles. The third-order valence-corrected chi connectivity index (χ3v) is 5.26.